The highest BCUT2D eigenvalue weighted by molar-refractivity contribution is 5.80. The smallest absolute Gasteiger partial charge is 0.355 e. The van der Waals surface area contributed by atoms with Gasteiger partial charge < -0.3 is 9.47 Å². The molecular weight excluding hydrogens is 468 g/mol. The van der Waals surface area contributed by atoms with E-state index in [2.05, 4.69) is 22.1 Å². The molecule has 2 fully saturated rings. The summed E-state index contributed by atoms with van der Waals surface area (Å²) in [6.45, 7) is 6.73. The van der Waals surface area contributed by atoms with E-state index in [-0.39, 0.29) is 23.8 Å². The van der Waals surface area contributed by atoms with E-state index in [1.54, 1.807) is 13.2 Å². The molecular formula is C29H36N4O4. The molecule has 8 nitrogen and oxygen atoms in total. The van der Waals surface area contributed by atoms with Crippen LogP contribution in [-0.4, -0.2) is 64.0 Å². The largest absolute Gasteiger partial charge is 0.497 e. The molecule has 2 aromatic carbocycles. The number of methoxy groups -OCH3 is 1. The van der Waals surface area contributed by atoms with Gasteiger partial charge >= 0.3 is 5.69 Å². The van der Waals surface area contributed by atoms with Crippen LogP contribution in [0.2, 0.25) is 0 Å². The lowest BCUT2D eigenvalue weighted by atomic mass is 10.1. The molecule has 5 rings (SSSR count). The Balaban J connectivity index is 1.40. The first-order chi connectivity index (χ1) is 17.9. The van der Waals surface area contributed by atoms with E-state index in [1.807, 2.05) is 44.2 Å². The van der Waals surface area contributed by atoms with Crippen molar-refractivity contribution >= 4 is 5.78 Å². The van der Waals surface area contributed by atoms with Crippen LogP contribution >= 0.6 is 0 Å². The fourth-order valence-corrected chi connectivity index (χ4v) is 5.54. The number of rotatable bonds is 10. The number of benzene rings is 2. The topological polar surface area (TPSA) is 78.6 Å². The van der Waals surface area contributed by atoms with Gasteiger partial charge in [0.05, 0.1) is 38.1 Å². The highest BCUT2D eigenvalue weighted by Gasteiger charge is 2.36. The Morgan fingerprint density at radius 1 is 1.08 bits per heavy atom. The molecule has 2 saturated heterocycles. The summed E-state index contributed by atoms with van der Waals surface area (Å²) in [6.07, 6.45) is 3.95. The number of fused-ring (bicyclic) bond motifs is 2. The number of carbonyl (C=O) groups is 1. The number of morpholine rings is 1. The fourth-order valence-electron chi connectivity index (χ4n) is 5.54. The lowest BCUT2D eigenvalue weighted by molar-refractivity contribution is -0.119. The number of ketones is 1. The zero-order valence-electron chi connectivity index (χ0n) is 21.9. The van der Waals surface area contributed by atoms with Gasteiger partial charge in [0, 0.05) is 31.1 Å². The Labute approximate surface area is 217 Å². The van der Waals surface area contributed by atoms with Gasteiger partial charge in [-0.15, -0.1) is 5.10 Å². The van der Waals surface area contributed by atoms with Crippen molar-refractivity contribution in [2.24, 2.45) is 5.92 Å². The second-order valence-electron chi connectivity index (χ2n) is 10.5. The summed E-state index contributed by atoms with van der Waals surface area (Å²) in [5.41, 5.74) is 2.22. The van der Waals surface area contributed by atoms with Crippen molar-refractivity contribution in [3.05, 3.63) is 70.4 Å². The van der Waals surface area contributed by atoms with E-state index in [1.165, 1.54) is 27.7 Å². The summed E-state index contributed by atoms with van der Waals surface area (Å²) in [4.78, 5) is 28.9. The number of ether oxygens (including phenoxy) is 2. The second-order valence-corrected chi connectivity index (χ2v) is 10.5. The van der Waals surface area contributed by atoms with Gasteiger partial charge in [-0.05, 0) is 55.0 Å². The highest BCUT2D eigenvalue weighted by Crippen LogP contribution is 2.28. The van der Waals surface area contributed by atoms with Crippen molar-refractivity contribution in [2.45, 2.75) is 58.0 Å². The van der Waals surface area contributed by atoms with Gasteiger partial charge in [0.15, 0.2) is 0 Å². The van der Waals surface area contributed by atoms with Crippen molar-refractivity contribution in [2.75, 3.05) is 26.9 Å². The minimum Gasteiger partial charge on any atom is -0.497 e. The van der Waals surface area contributed by atoms with Gasteiger partial charge in [0.25, 0.3) is 0 Å². The van der Waals surface area contributed by atoms with Gasteiger partial charge in [-0.25, -0.2) is 9.36 Å². The Morgan fingerprint density at radius 2 is 1.81 bits per heavy atom. The maximum absolute atomic E-state index is 13.6. The minimum absolute atomic E-state index is 0.0590. The molecule has 0 saturated carbocycles. The van der Waals surface area contributed by atoms with Crippen LogP contribution in [0.15, 0.2) is 53.3 Å². The van der Waals surface area contributed by atoms with E-state index in [0.29, 0.717) is 41.5 Å². The predicted molar refractivity (Wildman–Crippen MR) is 142 cm³/mol. The average molecular weight is 505 g/mol. The zero-order chi connectivity index (χ0) is 25.9. The number of carbonyl (C=O) groups excluding carboxylic acids is 1. The lowest BCUT2D eigenvalue weighted by Gasteiger charge is -2.34. The minimum atomic E-state index is -0.307. The quantitative estimate of drug-likeness (QED) is 0.420. The molecule has 2 bridgehead atoms. The van der Waals surface area contributed by atoms with Gasteiger partial charge in [0.1, 0.15) is 17.4 Å². The molecule has 2 aliphatic rings. The Kier molecular flexibility index (Phi) is 7.58. The average Bonchev–Trinajstić information content (AvgIpc) is 3.32. The SMILES string of the molecule is COc1cccc(-n2c(CC(=O)CC(C)C)nn(-c3ccc(CCN4C5CCC4COC5)cc3)c2=O)c1. The number of aromatic nitrogens is 3. The number of nitrogens with zero attached hydrogens (tertiary/aromatic N) is 4. The molecule has 0 spiro atoms. The second kappa shape index (κ2) is 11.0. The van der Waals surface area contributed by atoms with Crippen molar-refractivity contribution in [1.29, 1.82) is 0 Å². The molecule has 2 unspecified atom stereocenters. The summed E-state index contributed by atoms with van der Waals surface area (Å²) in [7, 11) is 1.59. The lowest BCUT2D eigenvalue weighted by Crippen LogP contribution is -2.46. The van der Waals surface area contributed by atoms with Crippen molar-refractivity contribution < 1.29 is 14.3 Å². The summed E-state index contributed by atoms with van der Waals surface area (Å²) >= 11 is 0. The first-order valence-electron chi connectivity index (χ1n) is 13.2. The van der Waals surface area contributed by atoms with Crippen molar-refractivity contribution in [3.63, 3.8) is 0 Å². The van der Waals surface area contributed by atoms with E-state index >= 15 is 0 Å². The predicted octanol–water partition coefficient (Wildman–Crippen LogP) is 3.60. The van der Waals surface area contributed by atoms with Gasteiger partial charge in [-0.2, -0.15) is 4.68 Å². The highest BCUT2D eigenvalue weighted by atomic mass is 16.5. The first-order valence-corrected chi connectivity index (χ1v) is 13.2. The van der Waals surface area contributed by atoms with Crippen LogP contribution in [0.25, 0.3) is 11.4 Å². The summed E-state index contributed by atoms with van der Waals surface area (Å²) in [6, 6.07) is 16.4. The third-order valence-electron chi connectivity index (χ3n) is 7.38. The molecule has 37 heavy (non-hydrogen) atoms. The molecule has 0 aliphatic carbocycles. The first kappa shape index (κ1) is 25.4. The zero-order valence-corrected chi connectivity index (χ0v) is 21.9. The van der Waals surface area contributed by atoms with Gasteiger partial charge in [-0.3, -0.25) is 9.69 Å². The third-order valence-corrected chi connectivity index (χ3v) is 7.38. The van der Waals surface area contributed by atoms with Crippen LogP contribution in [0.1, 0.15) is 44.5 Å². The monoisotopic (exact) mass is 504 g/mol. The third kappa shape index (κ3) is 5.55. The molecule has 0 N–H and O–H groups in total. The van der Waals surface area contributed by atoms with Gasteiger partial charge in [-0.1, -0.05) is 32.0 Å². The molecule has 0 radical (unpaired) electrons. The Hall–Kier alpha value is -3.23. The van der Waals surface area contributed by atoms with Crippen molar-refractivity contribution in [1.82, 2.24) is 19.2 Å². The maximum atomic E-state index is 13.6. The van der Waals surface area contributed by atoms with Gasteiger partial charge in [0.2, 0.25) is 0 Å². The Morgan fingerprint density at radius 3 is 2.49 bits per heavy atom. The standard InChI is InChI=1S/C29H36N4O4/c1-20(2)15-26(34)17-28-30-33(29(35)32(28)23-5-4-6-27(16-23)36-3)22-9-7-21(8-10-22)13-14-31-24-11-12-25(31)19-37-18-24/h4-10,16,20,24-25H,11-15,17-19H2,1-3H3. The van der Waals surface area contributed by atoms with Crippen LogP contribution < -0.4 is 10.4 Å². The molecule has 3 aromatic rings. The number of Topliss-reactive ketones (excluding diaryl/α,β-unsaturated/α-hetero) is 1. The molecule has 3 heterocycles. The normalized spacial score (nSPS) is 19.5. The van der Waals surface area contributed by atoms with E-state index in [4.69, 9.17) is 9.47 Å². The molecule has 1 aromatic heterocycles. The summed E-state index contributed by atoms with van der Waals surface area (Å²) in [5, 5.41) is 4.62. The molecule has 196 valence electrons. The van der Waals surface area contributed by atoms with Crippen LogP contribution in [0.3, 0.4) is 0 Å². The van der Waals surface area contributed by atoms with Crippen molar-refractivity contribution in [3.8, 4) is 17.1 Å². The van der Waals surface area contributed by atoms with E-state index in [0.717, 1.165) is 26.2 Å². The summed E-state index contributed by atoms with van der Waals surface area (Å²) < 4.78 is 14.0. The van der Waals surface area contributed by atoms with E-state index < -0.39 is 0 Å². The molecule has 2 atom stereocenters. The van der Waals surface area contributed by atoms with Crippen LogP contribution in [0.5, 0.6) is 5.75 Å². The maximum Gasteiger partial charge on any atom is 0.355 e. The van der Waals surface area contributed by atoms with Crippen LogP contribution in [-0.2, 0) is 22.4 Å². The molecule has 0 amide bonds. The molecule has 2 aliphatic heterocycles. The number of hydrogen-bond acceptors (Lipinski definition) is 6. The fraction of sp³-hybridized carbons (Fsp3) is 0.483. The van der Waals surface area contributed by atoms with Crippen LogP contribution in [0.4, 0.5) is 0 Å². The summed E-state index contributed by atoms with van der Waals surface area (Å²) in [5.74, 6) is 1.36. The number of hydrogen-bond donors (Lipinski definition) is 0. The van der Waals surface area contributed by atoms with Crippen LogP contribution in [0, 0.1) is 5.92 Å². The Bertz CT molecular complexity index is 1280. The molecule has 8 heteroatoms. The van der Waals surface area contributed by atoms with E-state index in [9.17, 15) is 9.59 Å².